The van der Waals surface area contributed by atoms with Gasteiger partial charge in [0.05, 0.1) is 0 Å². The van der Waals surface area contributed by atoms with Crippen LogP contribution in [0, 0.1) is 48.5 Å². The van der Waals surface area contributed by atoms with E-state index in [1.54, 1.807) is 0 Å². The van der Waals surface area contributed by atoms with E-state index in [-0.39, 0.29) is 0 Å². The van der Waals surface area contributed by atoms with Crippen molar-refractivity contribution in [2.45, 2.75) is 48.5 Å². The van der Waals surface area contributed by atoms with E-state index < -0.39 is 0 Å². The molecule has 0 aliphatic carbocycles. The molecule has 13 aromatic carbocycles. The summed E-state index contributed by atoms with van der Waals surface area (Å²) < 4.78 is 0. The summed E-state index contributed by atoms with van der Waals surface area (Å²) in [6.07, 6.45) is 0. The average molecular weight is 1150 g/mol. The number of rotatable bonds is 14. The number of para-hydroxylation sites is 1. The topological polar surface area (TPSA) is 25.9 Å². The van der Waals surface area contributed by atoms with Gasteiger partial charge in [0.25, 0.3) is 0 Å². The molecule has 430 valence electrons. The fourth-order valence-electron chi connectivity index (χ4n) is 13.0. The van der Waals surface area contributed by atoms with Crippen LogP contribution in [-0.2, 0) is 0 Å². The van der Waals surface area contributed by atoms with Crippen molar-refractivity contribution in [3.8, 4) is 22.3 Å². The van der Waals surface area contributed by atoms with Gasteiger partial charge in [-0.1, -0.05) is 180 Å². The zero-order chi connectivity index (χ0) is 60.7. The van der Waals surface area contributed by atoms with Crippen molar-refractivity contribution >= 4 is 101 Å². The van der Waals surface area contributed by atoms with Gasteiger partial charge in [-0.05, 0) is 231 Å². The van der Waals surface area contributed by atoms with Crippen molar-refractivity contribution in [3.05, 3.63) is 330 Å². The number of benzene rings is 13. The first-order valence-electron chi connectivity index (χ1n) is 30.7. The van der Waals surface area contributed by atoms with E-state index in [0.29, 0.717) is 0 Å². The minimum Gasteiger partial charge on any atom is -0.310 e. The lowest BCUT2D eigenvalue weighted by Gasteiger charge is -2.31. The number of aryl methyl sites for hydroxylation is 6. The summed E-state index contributed by atoms with van der Waals surface area (Å²) in [5.74, 6) is 0. The van der Waals surface area contributed by atoms with Crippen molar-refractivity contribution in [2.24, 2.45) is 0 Å². The Labute approximate surface area is 523 Å². The fourth-order valence-corrected chi connectivity index (χ4v) is 13.0. The molecule has 5 heteroatoms. The van der Waals surface area contributed by atoms with E-state index in [0.717, 1.165) is 107 Å². The highest BCUT2D eigenvalue weighted by molar-refractivity contribution is 5.97. The molecule has 0 aliphatic heterocycles. The Morgan fingerprint density at radius 1 is 0.202 bits per heavy atom. The second-order valence-electron chi connectivity index (χ2n) is 23.7. The summed E-state index contributed by atoms with van der Waals surface area (Å²) in [4.78, 5) is 15.3. The van der Waals surface area contributed by atoms with E-state index in [1.807, 2.05) is 0 Å². The van der Waals surface area contributed by atoms with Gasteiger partial charge in [0.15, 0.2) is 0 Å². The SMILES string of the molecule is Cc1ccc(N(c2ccc(C)cc2)c2cc(-c3c(C)nc(C)c(-c4cc(N(c5ccccc5)c5ccc6ccccc6c5)cc(N(c5ccc6ccccc6c5)c5ccc6ccccc6c5)c4)c3C)cc(N(c3ccc(C)cc3)c3ccc(C)cc3)c2)cc1. The van der Waals surface area contributed by atoms with E-state index in [4.69, 9.17) is 4.98 Å². The van der Waals surface area contributed by atoms with E-state index in [2.05, 4.69) is 359 Å². The van der Waals surface area contributed by atoms with Crippen molar-refractivity contribution in [3.63, 3.8) is 0 Å². The molecule has 1 heterocycles. The molecule has 5 nitrogen and oxygen atoms in total. The molecule has 0 spiro atoms. The quantitative estimate of drug-likeness (QED) is 0.108. The van der Waals surface area contributed by atoms with Crippen LogP contribution >= 0.6 is 0 Å². The minimum atomic E-state index is 0.949. The number of hydrogen-bond donors (Lipinski definition) is 0. The Hall–Kier alpha value is -11.0. The largest absolute Gasteiger partial charge is 0.310 e. The predicted octanol–water partition coefficient (Wildman–Crippen LogP) is 23.9. The van der Waals surface area contributed by atoms with Crippen LogP contribution in [0.1, 0.15) is 39.2 Å². The van der Waals surface area contributed by atoms with Crippen LogP contribution in [0.4, 0.5) is 68.2 Å². The molecule has 0 saturated carbocycles. The van der Waals surface area contributed by atoms with Crippen LogP contribution in [0.15, 0.2) is 291 Å². The maximum absolute atomic E-state index is 5.64. The smallest absolute Gasteiger partial charge is 0.0488 e. The third-order valence-corrected chi connectivity index (χ3v) is 17.4. The van der Waals surface area contributed by atoms with Crippen LogP contribution in [0.2, 0.25) is 0 Å². The third kappa shape index (κ3) is 11.2. The maximum Gasteiger partial charge on any atom is 0.0488 e. The van der Waals surface area contributed by atoms with Gasteiger partial charge < -0.3 is 19.6 Å². The van der Waals surface area contributed by atoms with Crippen molar-refractivity contribution in [1.29, 1.82) is 0 Å². The Bertz CT molecular complexity index is 4630. The normalized spacial score (nSPS) is 11.3. The van der Waals surface area contributed by atoms with Crippen molar-refractivity contribution in [2.75, 3.05) is 19.6 Å². The molecule has 0 radical (unpaired) electrons. The van der Waals surface area contributed by atoms with Gasteiger partial charge >= 0.3 is 0 Å². The summed E-state index contributed by atoms with van der Waals surface area (Å²) in [5.41, 5.74) is 24.7. The van der Waals surface area contributed by atoms with Crippen LogP contribution in [0.25, 0.3) is 54.6 Å². The molecule has 1 aromatic heterocycles. The molecular weight excluding hydrogens is 1080 g/mol. The van der Waals surface area contributed by atoms with Crippen LogP contribution in [0.3, 0.4) is 0 Å². The van der Waals surface area contributed by atoms with Crippen LogP contribution < -0.4 is 19.6 Å². The summed E-state index contributed by atoms with van der Waals surface area (Å²) in [7, 11) is 0. The highest BCUT2D eigenvalue weighted by atomic mass is 15.2. The van der Waals surface area contributed by atoms with Gasteiger partial charge in [-0.3, -0.25) is 4.98 Å². The first kappa shape index (κ1) is 55.8. The van der Waals surface area contributed by atoms with E-state index in [1.165, 1.54) is 54.6 Å². The lowest BCUT2D eigenvalue weighted by atomic mass is 9.89. The molecule has 0 bridgehead atoms. The Morgan fingerprint density at radius 3 is 0.764 bits per heavy atom. The van der Waals surface area contributed by atoms with Gasteiger partial charge in [0.1, 0.15) is 0 Å². The van der Waals surface area contributed by atoms with Gasteiger partial charge in [0.2, 0.25) is 0 Å². The van der Waals surface area contributed by atoms with Crippen molar-refractivity contribution in [1.82, 2.24) is 4.98 Å². The molecule has 0 fully saturated rings. The summed E-state index contributed by atoms with van der Waals surface area (Å²) in [6, 6.07) is 107. The predicted molar refractivity (Wildman–Crippen MR) is 380 cm³/mol. The van der Waals surface area contributed by atoms with Crippen LogP contribution in [0.5, 0.6) is 0 Å². The molecule has 14 rings (SSSR count). The Morgan fingerprint density at radius 2 is 0.449 bits per heavy atom. The second kappa shape index (κ2) is 23.7. The van der Waals surface area contributed by atoms with E-state index >= 15 is 0 Å². The number of hydrogen-bond acceptors (Lipinski definition) is 5. The fraction of sp³-hybridized carbons (Fsp3) is 0.0833. The molecule has 0 unspecified atom stereocenters. The Balaban J connectivity index is 1.05. The van der Waals surface area contributed by atoms with Gasteiger partial charge in [0, 0.05) is 90.8 Å². The van der Waals surface area contributed by atoms with E-state index in [9.17, 15) is 0 Å². The number of aromatic nitrogens is 1. The zero-order valence-corrected chi connectivity index (χ0v) is 51.4. The summed E-state index contributed by atoms with van der Waals surface area (Å²) >= 11 is 0. The summed E-state index contributed by atoms with van der Waals surface area (Å²) in [6.45, 7) is 15.3. The highest BCUT2D eigenvalue weighted by Gasteiger charge is 2.26. The van der Waals surface area contributed by atoms with Gasteiger partial charge in [-0.15, -0.1) is 0 Å². The van der Waals surface area contributed by atoms with Gasteiger partial charge in [-0.2, -0.15) is 0 Å². The highest BCUT2D eigenvalue weighted by Crippen LogP contribution is 2.49. The zero-order valence-electron chi connectivity index (χ0n) is 51.4. The third-order valence-electron chi connectivity index (χ3n) is 17.4. The lowest BCUT2D eigenvalue weighted by Crippen LogP contribution is -2.14. The summed E-state index contributed by atoms with van der Waals surface area (Å²) in [5, 5.41) is 7.07. The molecule has 14 aromatic rings. The first-order chi connectivity index (χ1) is 43.5. The van der Waals surface area contributed by atoms with Crippen LogP contribution in [-0.4, -0.2) is 4.98 Å². The molecular formula is C84H69N5. The van der Waals surface area contributed by atoms with Crippen molar-refractivity contribution < 1.29 is 0 Å². The molecule has 89 heavy (non-hydrogen) atoms. The maximum atomic E-state index is 5.64. The van der Waals surface area contributed by atoms with Gasteiger partial charge in [-0.25, -0.2) is 0 Å². The Kier molecular flexibility index (Phi) is 14.9. The average Bonchev–Trinajstić information content (AvgIpc) is 1.09. The molecule has 0 amide bonds. The number of pyridine rings is 1. The first-order valence-corrected chi connectivity index (χ1v) is 30.7. The minimum absolute atomic E-state index is 0.949. The number of anilines is 12. The molecule has 0 atom stereocenters. The molecule has 0 N–H and O–H groups in total. The standard InChI is InChI=1S/C84H69N5/c1-56-25-36-72(37-26-56)86(73-38-27-57(2)28-39-73)79-50-69(51-80(54-79)87(74-40-29-58(3)30-41-74)75-42-31-59(4)32-43-75)83-60(5)84(62(7)85-61(83)6)70-52-81(88(71-23-9-8-10-24-71)76-44-33-63-17-11-14-20-66(63)47-76)55-82(53-70)89(77-45-34-64-18-12-15-21-67(64)48-77)78-46-35-65-19-13-16-22-68(65)49-78/h8-55H,1-7H3. The number of nitrogens with zero attached hydrogens (tertiary/aromatic N) is 5. The number of fused-ring (bicyclic) bond motifs is 3. The lowest BCUT2D eigenvalue weighted by molar-refractivity contribution is 1.11. The second-order valence-corrected chi connectivity index (χ2v) is 23.7. The molecule has 0 saturated heterocycles. The molecule has 0 aliphatic rings. The monoisotopic (exact) mass is 1150 g/mol.